The van der Waals surface area contributed by atoms with E-state index in [0.717, 1.165) is 42.4 Å². The molecular formula is C12H18N2OS. The second-order valence-corrected chi connectivity index (χ2v) is 6.01. The van der Waals surface area contributed by atoms with Crippen LogP contribution in [-0.4, -0.2) is 33.7 Å². The molecule has 0 aliphatic carbocycles. The van der Waals surface area contributed by atoms with E-state index in [4.69, 9.17) is 5.73 Å². The second kappa shape index (κ2) is 4.97. The van der Waals surface area contributed by atoms with Gasteiger partial charge in [0, 0.05) is 47.6 Å². The van der Waals surface area contributed by atoms with E-state index in [2.05, 4.69) is 17.0 Å². The SMILES string of the molecule is Cc1cc(CN2CCS(=O)CC2)ccc1N. The number of hydrogen-bond acceptors (Lipinski definition) is 3. The molecule has 0 saturated carbocycles. The Morgan fingerprint density at radius 1 is 1.38 bits per heavy atom. The number of hydrogen-bond donors (Lipinski definition) is 1. The number of benzene rings is 1. The molecule has 16 heavy (non-hydrogen) atoms. The minimum absolute atomic E-state index is 0.589. The van der Waals surface area contributed by atoms with Crippen LogP contribution < -0.4 is 5.73 Å². The van der Waals surface area contributed by atoms with Gasteiger partial charge in [-0.3, -0.25) is 9.11 Å². The lowest BCUT2D eigenvalue weighted by Gasteiger charge is -2.26. The van der Waals surface area contributed by atoms with E-state index in [0.29, 0.717) is 0 Å². The standard InChI is InChI=1S/C12H18N2OS/c1-10-8-11(2-3-12(10)13)9-14-4-6-16(15)7-5-14/h2-3,8H,4-7,9,13H2,1H3. The molecule has 0 bridgehead atoms. The van der Waals surface area contributed by atoms with Crippen molar-refractivity contribution in [2.24, 2.45) is 0 Å². The van der Waals surface area contributed by atoms with Crippen molar-refractivity contribution >= 4 is 16.5 Å². The van der Waals surface area contributed by atoms with Gasteiger partial charge in [-0.1, -0.05) is 12.1 Å². The summed E-state index contributed by atoms with van der Waals surface area (Å²) < 4.78 is 11.2. The van der Waals surface area contributed by atoms with Gasteiger partial charge in [-0.15, -0.1) is 0 Å². The molecule has 0 amide bonds. The molecular weight excluding hydrogens is 220 g/mol. The lowest BCUT2D eigenvalue weighted by atomic mass is 10.1. The maximum atomic E-state index is 11.2. The van der Waals surface area contributed by atoms with Gasteiger partial charge in [-0.25, -0.2) is 0 Å². The Balaban J connectivity index is 1.98. The Morgan fingerprint density at radius 3 is 2.69 bits per heavy atom. The molecule has 0 aromatic heterocycles. The van der Waals surface area contributed by atoms with Crippen molar-refractivity contribution in [2.45, 2.75) is 13.5 Å². The number of nitrogens with zero attached hydrogens (tertiary/aromatic N) is 1. The molecule has 1 aromatic carbocycles. The summed E-state index contributed by atoms with van der Waals surface area (Å²) in [6, 6.07) is 6.18. The van der Waals surface area contributed by atoms with E-state index in [-0.39, 0.29) is 0 Å². The second-order valence-electron chi connectivity index (χ2n) is 4.32. The number of anilines is 1. The highest BCUT2D eigenvalue weighted by Crippen LogP contribution is 2.15. The van der Waals surface area contributed by atoms with Gasteiger partial charge in [-0.05, 0) is 24.1 Å². The fourth-order valence-electron chi connectivity index (χ4n) is 1.93. The van der Waals surface area contributed by atoms with Crippen molar-refractivity contribution in [3.05, 3.63) is 29.3 Å². The zero-order valence-corrected chi connectivity index (χ0v) is 10.4. The third kappa shape index (κ3) is 2.83. The predicted octanol–water partition coefficient (Wildman–Crippen LogP) is 1.14. The fourth-order valence-corrected chi connectivity index (χ4v) is 3.06. The molecule has 0 atom stereocenters. The molecule has 88 valence electrons. The zero-order valence-electron chi connectivity index (χ0n) is 9.61. The summed E-state index contributed by atoms with van der Waals surface area (Å²) in [4.78, 5) is 2.35. The summed E-state index contributed by atoms with van der Waals surface area (Å²) in [6.45, 7) is 4.86. The Labute approximate surface area is 99.1 Å². The maximum Gasteiger partial charge on any atom is 0.0363 e. The zero-order chi connectivity index (χ0) is 11.5. The molecule has 0 unspecified atom stereocenters. The molecule has 2 N–H and O–H groups in total. The van der Waals surface area contributed by atoms with Gasteiger partial charge in [0.2, 0.25) is 0 Å². The van der Waals surface area contributed by atoms with Gasteiger partial charge >= 0.3 is 0 Å². The van der Waals surface area contributed by atoms with Crippen molar-refractivity contribution in [3.63, 3.8) is 0 Å². The van der Waals surface area contributed by atoms with Gasteiger partial charge < -0.3 is 5.73 Å². The van der Waals surface area contributed by atoms with Crippen LogP contribution >= 0.6 is 0 Å². The normalized spacial score (nSPS) is 18.8. The van der Waals surface area contributed by atoms with Crippen LogP contribution in [0, 0.1) is 6.92 Å². The van der Waals surface area contributed by atoms with E-state index in [1.807, 2.05) is 13.0 Å². The first-order chi connectivity index (χ1) is 7.65. The Kier molecular flexibility index (Phi) is 3.61. The lowest BCUT2D eigenvalue weighted by Crippen LogP contribution is -2.37. The largest absolute Gasteiger partial charge is 0.399 e. The van der Waals surface area contributed by atoms with Crippen molar-refractivity contribution in [1.29, 1.82) is 0 Å². The summed E-state index contributed by atoms with van der Waals surface area (Å²) in [5.41, 5.74) is 9.06. The first kappa shape index (κ1) is 11.6. The number of nitrogen functional groups attached to an aromatic ring is 1. The van der Waals surface area contributed by atoms with Crippen LogP contribution in [0.25, 0.3) is 0 Å². The summed E-state index contributed by atoms with van der Waals surface area (Å²) in [6.07, 6.45) is 0. The van der Waals surface area contributed by atoms with Gasteiger partial charge in [-0.2, -0.15) is 0 Å². The quantitative estimate of drug-likeness (QED) is 0.786. The van der Waals surface area contributed by atoms with Crippen LogP contribution in [0.4, 0.5) is 5.69 Å². The molecule has 0 radical (unpaired) electrons. The molecule has 3 nitrogen and oxygen atoms in total. The van der Waals surface area contributed by atoms with Gasteiger partial charge in [0.05, 0.1) is 0 Å². The average molecular weight is 238 g/mol. The van der Waals surface area contributed by atoms with Gasteiger partial charge in [0.15, 0.2) is 0 Å². The van der Waals surface area contributed by atoms with E-state index < -0.39 is 10.8 Å². The predicted molar refractivity (Wildman–Crippen MR) is 68.7 cm³/mol. The number of rotatable bonds is 2. The minimum atomic E-state index is -0.589. The van der Waals surface area contributed by atoms with Crippen molar-refractivity contribution < 1.29 is 4.21 Å². The number of nitrogens with two attached hydrogens (primary N) is 1. The van der Waals surface area contributed by atoms with Crippen LogP contribution in [0.15, 0.2) is 18.2 Å². The molecule has 2 rings (SSSR count). The average Bonchev–Trinajstić information content (AvgIpc) is 2.27. The Bertz CT molecular complexity index is 396. The van der Waals surface area contributed by atoms with Crippen molar-refractivity contribution in [3.8, 4) is 0 Å². The van der Waals surface area contributed by atoms with Crippen LogP contribution in [0.1, 0.15) is 11.1 Å². The molecule has 1 fully saturated rings. The van der Waals surface area contributed by atoms with Gasteiger partial charge in [0.1, 0.15) is 0 Å². The Hall–Kier alpha value is -0.870. The Morgan fingerprint density at radius 2 is 2.06 bits per heavy atom. The van der Waals surface area contributed by atoms with E-state index >= 15 is 0 Å². The van der Waals surface area contributed by atoms with Crippen molar-refractivity contribution in [1.82, 2.24) is 4.90 Å². The van der Waals surface area contributed by atoms with E-state index in [9.17, 15) is 4.21 Å². The molecule has 1 aliphatic heterocycles. The molecule has 0 spiro atoms. The molecule has 1 saturated heterocycles. The third-order valence-electron chi connectivity index (χ3n) is 3.01. The third-order valence-corrected chi connectivity index (χ3v) is 4.29. The highest BCUT2D eigenvalue weighted by molar-refractivity contribution is 7.85. The highest BCUT2D eigenvalue weighted by atomic mass is 32.2. The number of aryl methyl sites for hydroxylation is 1. The molecule has 1 aliphatic rings. The summed E-state index contributed by atoms with van der Waals surface area (Å²) in [7, 11) is -0.589. The van der Waals surface area contributed by atoms with Crippen LogP contribution in [-0.2, 0) is 17.3 Å². The first-order valence-corrected chi connectivity index (χ1v) is 7.06. The summed E-state index contributed by atoms with van der Waals surface area (Å²) in [5.74, 6) is 1.63. The molecule has 1 heterocycles. The van der Waals surface area contributed by atoms with Gasteiger partial charge in [0.25, 0.3) is 0 Å². The molecule has 1 aromatic rings. The monoisotopic (exact) mass is 238 g/mol. The summed E-state index contributed by atoms with van der Waals surface area (Å²) >= 11 is 0. The molecule has 4 heteroatoms. The fraction of sp³-hybridized carbons (Fsp3) is 0.500. The van der Waals surface area contributed by atoms with E-state index in [1.54, 1.807) is 0 Å². The smallest absolute Gasteiger partial charge is 0.0363 e. The first-order valence-electron chi connectivity index (χ1n) is 5.57. The highest BCUT2D eigenvalue weighted by Gasteiger charge is 2.15. The lowest BCUT2D eigenvalue weighted by molar-refractivity contribution is 0.291. The topological polar surface area (TPSA) is 46.3 Å². The van der Waals surface area contributed by atoms with E-state index in [1.165, 1.54) is 5.56 Å². The van der Waals surface area contributed by atoms with Crippen LogP contribution in [0.3, 0.4) is 0 Å². The minimum Gasteiger partial charge on any atom is -0.399 e. The maximum absolute atomic E-state index is 11.2. The summed E-state index contributed by atoms with van der Waals surface area (Å²) in [5, 5.41) is 0. The van der Waals surface area contributed by atoms with Crippen LogP contribution in [0.2, 0.25) is 0 Å². The van der Waals surface area contributed by atoms with Crippen LogP contribution in [0.5, 0.6) is 0 Å². The van der Waals surface area contributed by atoms with Crippen molar-refractivity contribution in [2.75, 3.05) is 30.3 Å².